The van der Waals surface area contributed by atoms with Gasteiger partial charge in [-0.15, -0.1) is 0 Å². The summed E-state index contributed by atoms with van der Waals surface area (Å²) in [5.41, 5.74) is 1.87. The Balaban J connectivity index is 1.42. The number of carbonyl (C=O) groups excluding carboxylic acids is 3. The molecule has 3 aromatic rings. The van der Waals surface area contributed by atoms with Crippen LogP contribution in [0, 0.1) is 9.39 Å². The standard InChI is InChI=1S/C26H19ClFIN2O5S/c1-35-22-10-16(4-9-21(22)36-14-15-2-5-17(29)6-3-15)11-23-25(33)31(26(34)37-23)13-24(32)30-18-7-8-20(28)19(27)12-18/h2-12H,13-14H2,1H3,(H,30,32)/b23-11-. The van der Waals surface area contributed by atoms with E-state index in [1.807, 2.05) is 24.3 Å². The molecule has 1 heterocycles. The lowest BCUT2D eigenvalue weighted by Gasteiger charge is -2.13. The largest absolute Gasteiger partial charge is 0.493 e. The molecule has 37 heavy (non-hydrogen) atoms. The Morgan fingerprint density at radius 3 is 2.57 bits per heavy atom. The molecule has 0 unspecified atom stereocenters. The van der Waals surface area contributed by atoms with Crippen LogP contribution < -0.4 is 14.8 Å². The van der Waals surface area contributed by atoms with Crippen LogP contribution in [0.1, 0.15) is 11.1 Å². The Kier molecular flexibility index (Phi) is 8.72. The maximum absolute atomic E-state index is 13.3. The fourth-order valence-electron chi connectivity index (χ4n) is 3.34. The van der Waals surface area contributed by atoms with Crippen LogP contribution in [0.15, 0.2) is 65.6 Å². The summed E-state index contributed by atoms with van der Waals surface area (Å²) >= 11 is 8.69. The number of anilines is 1. The number of halogens is 3. The monoisotopic (exact) mass is 652 g/mol. The van der Waals surface area contributed by atoms with Crippen molar-refractivity contribution in [1.82, 2.24) is 4.90 Å². The predicted molar refractivity (Wildman–Crippen MR) is 149 cm³/mol. The van der Waals surface area contributed by atoms with Gasteiger partial charge in [0.25, 0.3) is 11.1 Å². The van der Waals surface area contributed by atoms with Crippen LogP contribution in [0.2, 0.25) is 5.02 Å². The minimum atomic E-state index is -0.627. The summed E-state index contributed by atoms with van der Waals surface area (Å²) in [5, 5.41) is 1.76. The maximum atomic E-state index is 13.3. The molecule has 0 saturated carbocycles. The summed E-state index contributed by atoms with van der Waals surface area (Å²) in [4.78, 5) is 38.6. The number of nitrogens with zero attached hydrogens (tertiary/aromatic N) is 1. The Morgan fingerprint density at radius 1 is 1.11 bits per heavy atom. The first-order chi connectivity index (χ1) is 17.7. The molecule has 7 nitrogen and oxygen atoms in total. The van der Waals surface area contributed by atoms with E-state index in [4.69, 9.17) is 21.1 Å². The van der Waals surface area contributed by atoms with E-state index in [0.29, 0.717) is 23.7 Å². The van der Waals surface area contributed by atoms with Gasteiger partial charge in [0.1, 0.15) is 19.0 Å². The number of amides is 3. The number of methoxy groups -OCH3 is 1. The highest BCUT2D eigenvalue weighted by Crippen LogP contribution is 2.35. The molecular formula is C26H19ClFIN2O5S. The molecule has 3 aromatic carbocycles. The van der Waals surface area contributed by atoms with Crippen molar-refractivity contribution in [3.05, 3.63) is 91.1 Å². The number of benzene rings is 3. The van der Waals surface area contributed by atoms with Crippen molar-refractivity contribution < 1.29 is 28.2 Å². The van der Waals surface area contributed by atoms with E-state index in [-0.39, 0.29) is 15.6 Å². The van der Waals surface area contributed by atoms with Crippen LogP contribution in [-0.2, 0) is 16.2 Å². The lowest BCUT2D eigenvalue weighted by Crippen LogP contribution is -2.36. The molecule has 1 aliphatic rings. The van der Waals surface area contributed by atoms with E-state index in [0.717, 1.165) is 31.9 Å². The van der Waals surface area contributed by atoms with Gasteiger partial charge in [-0.05, 0) is 94.0 Å². The molecule has 4 rings (SSSR count). The van der Waals surface area contributed by atoms with Gasteiger partial charge in [-0.2, -0.15) is 0 Å². The van der Waals surface area contributed by atoms with E-state index < -0.39 is 29.4 Å². The predicted octanol–water partition coefficient (Wildman–Crippen LogP) is 6.35. The first-order valence-corrected chi connectivity index (χ1v) is 13.1. The van der Waals surface area contributed by atoms with Crippen molar-refractivity contribution in [2.24, 2.45) is 0 Å². The van der Waals surface area contributed by atoms with Crippen molar-refractivity contribution in [3.63, 3.8) is 0 Å². The van der Waals surface area contributed by atoms with Gasteiger partial charge in [-0.1, -0.05) is 29.8 Å². The van der Waals surface area contributed by atoms with Gasteiger partial charge in [-0.3, -0.25) is 19.3 Å². The highest BCUT2D eigenvalue weighted by molar-refractivity contribution is 14.1. The zero-order valence-electron chi connectivity index (χ0n) is 19.3. The number of hydrogen-bond acceptors (Lipinski definition) is 6. The van der Waals surface area contributed by atoms with Crippen LogP contribution >= 0.6 is 46.0 Å². The molecule has 190 valence electrons. The average molecular weight is 653 g/mol. The van der Waals surface area contributed by atoms with Gasteiger partial charge in [0, 0.05) is 9.26 Å². The maximum Gasteiger partial charge on any atom is 0.294 e. The number of carbonyl (C=O) groups is 3. The molecule has 0 spiro atoms. The Morgan fingerprint density at radius 2 is 1.86 bits per heavy atom. The Labute approximate surface area is 235 Å². The lowest BCUT2D eigenvalue weighted by atomic mass is 10.1. The minimum absolute atomic E-state index is 0.159. The topological polar surface area (TPSA) is 84.9 Å². The molecule has 1 aliphatic heterocycles. The van der Waals surface area contributed by atoms with Crippen LogP contribution in [-0.4, -0.2) is 35.6 Å². The molecule has 1 saturated heterocycles. The molecule has 0 aromatic heterocycles. The lowest BCUT2D eigenvalue weighted by molar-refractivity contribution is -0.127. The minimum Gasteiger partial charge on any atom is -0.493 e. The number of nitrogens with one attached hydrogen (secondary N) is 1. The summed E-state index contributed by atoms with van der Waals surface area (Å²) in [6.07, 6.45) is 1.55. The highest BCUT2D eigenvalue weighted by Gasteiger charge is 2.36. The number of ether oxygens (including phenoxy) is 2. The summed E-state index contributed by atoms with van der Waals surface area (Å²) in [6, 6.07) is 16.8. The van der Waals surface area contributed by atoms with Crippen molar-refractivity contribution in [2.75, 3.05) is 19.0 Å². The zero-order chi connectivity index (χ0) is 26.5. The molecule has 1 N–H and O–H groups in total. The first kappa shape index (κ1) is 27.0. The number of rotatable bonds is 8. The van der Waals surface area contributed by atoms with Crippen molar-refractivity contribution in [2.45, 2.75) is 6.61 Å². The second kappa shape index (κ2) is 12.0. The zero-order valence-corrected chi connectivity index (χ0v) is 23.0. The third-order valence-corrected chi connectivity index (χ3v) is 7.09. The van der Waals surface area contributed by atoms with E-state index in [1.54, 1.807) is 24.3 Å². The fourth-order valence-corrected chi connectivity index (χ4v) is 4.72. The third kappa shape index (κ3) is 6.82. The Bertz CT molecular complexity index is 1400. The van der Waals surface area contributed by atoms with Crippen LogP contribution in [0.3, 0.4) is 0 Å². The summed E-state index contributed by atoms with van der Waals surface area (Å²) in [6.45, 7) is -0.136. The van der Waals surface area contributed by atoms with Gasteiger partial charge >= 0.3 is 0 Å². The normalized spacial score (nSPS) is 14.3. The van der Waals surface area contributed by atoms with Gasteiger partial charge in [0.2, 0.25) is 5.91 Å². The quantitative estimate of drug-likeness (QED) is 0.226. The molecule has 3 amide bonds. The molecule has 0 atom stereocenters. The second-order valence-electron chi connectivity index (χ2n) is 7.77. The third-order valence-electron chi connectivity index (χ3n) is 5.17. The van der Waals surface area contributed by atoms with E-state index in [1.165, 1.54) is 19.2 Å². The summed E-state index contributed by atoms with van der Waals surface area (Å²) in [7, 11) is 1.51. The fraction of sp³-hybridized carbons (Fsp3) is 0.115. The summed E-state index contributed by atoms with van der Waals surface area (Å²) in [5.74, 6) is -0.847. The summed E-state index contributed by atoms with van der Waals surface area (Å²) < 4.78 is 25.8. The highest BCUT2D eigenvalue weighted by atomic mass is 127. The molecular weight excluding hydrogens is 634 g/mol. The van der Waals surface area contributed by atoms with E-state index in [9.17, 15) is 18.8 Å². The molecule has 1 fully saturated rings. The van der Waals surface area contributed by atoms with Gasteiger partial charge < -0.3 is 14.8 Å². The SMILES string of the molecule is COc1cc(/C=C2\SC(=O)N(CC(=O)Nc3ccc(F)c(Cl)c3)C2=O)ccc1OCc1ccc(I)cc1. The smallest absolute Gasteiger partial charge is 0.294 e. The number of hydrogen-bond donors (Lipinski definition) is 1. The Hall–Kier alpha value is -3.09. The molecule has 0 radical (unpaired) electrons. The van der Waals surface area contributed by atoms with E-state index in [2.05, 4.69) is 27.9 Å². The van der Waals surface area contributed by atoms with Gasteiger partial charge in [0.15, 0.2) is 11.5 Å². The van der Waals surface area contributed by atoms with Crippen molar-refractivity contribution in [3.8, 4) is 11.5 Å². The second-order valence-corrected chi connectivity index (χ2v) is 10.4. The van der Waals surface area contributed by atoms with Crippen LogP contribution in [0.5, 0.6) is 11.5 Å². The van der Waals surface area contributed by atoms with Crippen LogP contribution in [0.4, 0.5) is 14.9 Å². The molecule has 11 heteroatoms. The van der Waals surface area contributed by atoms with Crippen molar-refractivity contribution >= 4 is 74.8 Å². The first-order valence-electron chi connectivity index (χ1n) is 10.8. The van der Waals surface area contributed by atoms with Crippen LogP contribution in [0.25, 0.3) is 6.08 Å². The number of thioether (sulfide) groups is 1. The molecule has 0 aliphatic carbocycles. The van der Waals surface area contributed by atoms with E-state index >= 15 is 0 Å². The molecule has 0 bridgehead atoms. The number of imide groups is 1. The average Bonchev–Trinajstić information content (AvgIpc) is 3.13. The van der Waals surface area contributed by atoms with Crippen molar-refractivity contribution in [1.29, 1.82) is 0 Å². The van der Waals surface area contributed by atoms with Gasteiger partial charge in [0.05, 0.1) is 17.0 Å². The van der Waals surface area contributed by atoms with Gasteiger partial charge in [-0.25, -0.2) is 4.39 Å².